The molecule has 1 aromatic carbocycles. The standard InChI is InChI=1S/C15H15N5OS/c21-14(16-15-10-5-11-22-15)9-4-8-13-17-18-19-20(13)12-6-2-1-3-7-12/h1-3,5-7,10-11H,4,8-9H2,(H,16,21). The van der Waals surface area contributed by atoms with Gasteiger partial charge in [-0.15, -0.1) is 16.4 Å². The van der Waals surface area contributed by atoms with Crippen LogP contribution in [-0.2, 0) is 11.2 Å². The van der Waals surface area contributed by atoms with Gasteiger partial charge in [-0.05, 0) is 46.5 Å². The van der Waals surface area contributed by atoms with Crippen LogP contribution in [-0.4, -0.2) is 26.1 Å². The Morgan fingerprint density at radius 1 is 1.18 bits per heavy atom. The summed E-state index contributed by atoms with van der Waals surface area (Å²) >= 11 is 1.51. The number of carbonyl (C=O) groups is 1. The van der Waals surface area contributed by atoms with Crippen molar-refractivity contribution < 1.29 is 4.79 Å². The zero-order valence-corrected chi connectivity index (χ0v) is 12.7. The Labute approximate surface area is 131 Å². The zero-order valence-electron chi connectivity index (χ0n) is 11.8. The Hall–Kier alpha value is -2.54. The van der Waals surface area contributed by atoms with Crippen molar-refractivity contribution in [3.8, 4) is 5.69 Å². The molecule has 0 aliphatic carbocycles. The summed E-state index contributed by atoms with van der Waals surface area (Å²) in [6.45, 7) is 0. The maximum atomic E-state index is 11.8. The summed E-state index contributed by atoms with van der Waals surface area (Å²) in [5.74, 6) is 0.774. The van der Waals surface area contributed by atoms with Crippen molar-refractivity contribution in [2.45, 2.75) is 19.3 Å². The number of nitrogens with one attached hydrogen (secondary N) is 1. The molecule has 2 heterocycles. The van der Waals surface area contributed by atoms with Gasteiger partial charge in [-0.25, -0.2) is 0 Å². The SMILES string of the molecule is O=C(CCCc1nnnn1-c1ccccc1)Nc1cccs1. The zero-order chi connectivity index (χ0) is 15.2. The first-order valence-electron chi connectivity index (χ1n) is 6.99. The Bertz CT molecular complexity index is 723. The third-order valence-corrected chi connectivity index (χ3v) is 3.91. The van der Waals surface area contributed by atoms with Crippen molar-refractivity contribution in [1.82, 2.24) is 20.2 Å². The maximum Gasteiger partial charge on any atom is 0.224 e. The molecule has 0 bridgehead atoms. The van der Waals surface area contributed by atoms with Gasteiger partial charge < -0.3 is 5.32 Å². The Morgan fingerprint density at radius 3 is 2.82 bits per heavy atom. The van der Waals surface area contributed by atoms with E-state index in [0.717, 1.165) is 16.5 Å². The molecule has 0 saturated heterocycles. The van der Waals surface area contributed by atoms with Crippen molar-refractivity contribution >= 4 is 22.2 Å². The lowest BCUT2D eigenvalue weighted by molar-refractivity contribution is -0.116. The highest BCUT2D eigenvalue weighted by Gasteiger charge is 2.09. The fourth-order valence-corrected chi connectivity index (χ4v) is 2.72. The average molecular weight is 313 g/mol. The number of carbonyl (C=O) groups excluding carboxylic acids is 1. The number of anilines is 1. The first kappa shape index (κ1) is 14.4. The summed E-state index contributed by atoms with van der Waals surface area (Å²) in [4.78, 5) is 11.8. The van der Waals surface area contributed by atoms with E-state index in [2.05, 4.69) is 20.8 Å². The molecule has 2 aromatic heterocycles. The van der Waals surface area contributed by atoms with Crippen LogP contribution in [0.5, 0.6) is 0 Å². The molecule has 0 fully saturated rings. The van der Waals surface area contributed by atoms with Crippen LogP contribution in [0.1, 0.15) is 18.7 Å². The fraction of sp³-hybridized carbons (Fsp3) is 0.200. The van der Waals surface area contributed by atoms with Crippen LogP contribution in [0.25, 0.3) is 5.69 Å². The van der Waals surface area contributed by atoms with E-state index in [9.17, 15) is 4.79 Å². The molecule has 0 saturated carbocycles. The van der Waals surface area contributed by atoms with Gasteiger partial charge in [0.15, 0.2) is 5.82 Å². The van der Waals surface area contributed by atoms with Gasteiger partial charge in [0, 0.05) is 12.8 Å². The monoisotopic (exact) mass is 313 g/mol. The predicted octanol–water partition coefficient (Wildman–Crippen LogP) is 2.69. The minimum absolute atomic E-state index is 0.0150. The van der Waals surface area contributed by atoms with Gasteiger partial charge in [-0.1, -0.05) is 18.2 Å². The number of para-hydroxylation sites is 1. The highest BCUT2D eigenvalue weighted by Crippen LogP contribution is 2.15. The first-order valence-corrected chi connectivity index (χ1v) is 7.87. The molecule has 1 N–H and O–H groups in total. The summed E-state index contributed by atoms with van der Waals surface area (Å²) in [6.07, 6.45) is 1.80. The largest absolute Gasteiger partial charge is 0.318 e. The normalized spacial score (nSPS) is 10.5. The highest BCUT2D eigenvalue weighted by molar-refractivity contribution is 7.14. The van der Waals surface area contributed by atoms with Crippen LogP contribution >= 0.6 is 11.3 Å². The van der Waals surface area contributed by atoms with E-state index >= 15 is 0 Å². The molecular weight excluding hydrogens is 298 g/mol. The van der Waals surface area contributed by atoms with Crippen LogP contribution < -0.4 is 5.32 Å². The van der Waals surface area contributed by atoms with Crippen LogP contribution in [0.4, 0.5) is 5.00 Å². The Morgan fingerprint density at radius 2 is 2.05 bits per heavy atom. The van der Waals surface area contributed by atoms with E-state index in [4.69, 9.17) is 0 Å². The molecule has 112 valence electrons. The Balaban J connectivity index is 1.54. The van der Waals surface area contributed by atoms with Crippen LogP contribution in [0.2, 0.25) is 0 Å². The molecular formula is C15H15N5OS. The second-order valence-electron chi connectivity index (χ2n) is 4.72. The van der Waals surface area contributed by atoms with Gasteiger partial charge in [-0.2, -0.15) is 4.68 Å². The third-order valence-electron chi connectivity index (χ3n) is 3.12. The van der Waals surface area contributed by atoms with Crippen LogP contribution in [0.15, 0.2) is 47.8 Å². The average Bonchev–Trinajstić information content (AvgIpc) is 3.20. The molecule has 0 aliphatic heterocycles. The van der Waals surface area contributed by atoms with E-state index in [0.29, 0.717) is 19.3 Å². The minimum Gasteiger partial charge on any atom is -0.318 e. The van der Waals surface area contributed by atoms with Gasteiger partial charge in [0.05, 0.1) is 10.7 Å². The number of nitrogens with zero attached hydrogens (tertiary/aromatic N) is 4. The molecule has 0 radical (unpaired) electrons. The number of rotatable bonds is 6. The molecule has 0 atom stereocenters. The van der Waals surface area contributed by atoms with Crippen LogP contribution in [0.3, 0.4) is 0 Å². The number of hydrogen-bond acceptors (Lipinski definition) is 5. The minimum atomic E-state index is 0.0150. The fourth-order valence-electron chi connectivity index (χ4n) is 2.09. The lowest BCUT2D eigenvalue weighted by atomic mass is 10.2. The van der Waals surface area contributed by atoms with E-state index in [1.807, 2.05) is 47.8 Å². The number of tetrazole rings is 1. The molecule has 0 aliphatic rings. The molecule has 1 amide bonds. The molecule has 6 nitrogen and oxygen atoms in total. The second-order valence-corrected chi connectivity index (χ2v) is 5.67. The summed E-state index contributed by atoms with van der Waals surface area (Å²) < 4.78 is 1.71. The smallest absolute Gasteiger partial charge is 0.224 e. The van der Waals surface area contributed by atoms with Gasteiger partial charge >= 0.3 is 0 Å². The number of benzene rings is 1. The number of aromatic nitrogens is 4. The van der Waals surface area contributed by atoms with E-state index in [1.165, 1.54) is 11.3 Å². The van der Waals surface area contributed by atoms with Crippen molar-refractivity contribution in [2.24, 2.45) is 0 Å². The highest BCUT2D eigenvalue weighted by atomic mass is 32.1. The number of amides is 1. The van der Waals surface area contributed by atoms with Crippen molar-refractivity contribution in [2.75, 3.05) is 5.32 Å². The summed E-state index contributed by atoms with van der Waals surface area (Å²) in [5, 5.41) is 17.4. The topological polar surface area (TPSA) is 72.7 Å². The molecule has 0 spiro atoms. The van der Waals surface area contributed by atoms with Crippen molar-refractivity contribution in [1.29, 1.82) is 0 Å². The second kappa shape index (κ2) is 6.95. The van der Waals surface area contributed by atoms with E-state index in [1.54, 1.807) is 4.68 Å². The molecule has 3 aromatic rings. The summed E-state index contributed by atoms with van der Waals surface area (Å²) in [6, 6.07) is 13.5. The van der Waals surface area contributed by atoms with Gasteiger partial charge in [0.2, 0.25) is 5.91 Å². The predicted molar refractivity (Wildman–Crippen MR) is 85.0 cm³/mol. The van der Waals surface area contributed by atoms with Gasteiger partial charge in [-0.3, -0.25) is 4.79 Å². The summed E-state index contributed by atoms with van der Waals surface area (Å²) in [7, 11) is 0. The molecule has 0 unspecified atom stereocenters. The molecule has 22 heavy (non-hydrogen) atoms. The number of aryl methyl sites for hydroxylation is 1. The summed E-state index contributed by atoms with van der Waals surface area (Å²) in [5.41, 5.74) is 0.922. The van der Waals surface area contributed by atoms with Crippen LogP contribution in [0, 0.1) is 0 Å². The molecule has 3 rings (SSSR count). The van der Waals surface area contributed by atoms with Crippen molar-refractivity contribution in [3.63, 3.8) is 0 Å². The maximum absolute atomic E-state index is 11.8. The number of thiophene rings is 1. The van der Waals surface area contributed by atoms with Gasteiger partial charge in [0.1, 0.15) is 0 Å². The molecule has 7 heteroatoms. The Kier molecular flexibility index (Phi) is 4.55. The van der Waals surface area contributed by atoms with E-state index < -0.39 is 0 Å². The van der Waals surface area contributed by atoms with E-state index in [-0.39, 0.29) is 5.91 Å². The van der Waals surface area contributed by atoms with Crippen molar-refractivity contribution in [3.05, 3.63) is 53.7 Å². The quantitative estimate of drug-likeness (QED) is 0.759. The third kappa shape index (κ3) is 3.56. The van der Waals surface area contributed by atoms with Gasteiger partial charge in [0.25, 0.3) is 0 Å². The first-order chi connectivity index (χ1) is 10.8. The lowest BCUT2D eigenvalue weighted by Crippen LogP contribution is -2.11. The number of hydrogen-bond donors (Lipinski definition) is 1. The lowest BCUT2D eigenvalue weighted by Gasteiger charge is -2.04.